The van der Waals surface area contributed by atoms with Gasteiger partial charge in [-0.15, -0.1) is 0 Å². The van der Waals surface area contributed by atoms with E-state index in [0.717, 1.165) is 34.9 Å². The smallest absolute Gasteiger partial charge is 0.165 e. The van der Waals surface area contributed by atoms with Crippen molar-refractivity contribution in [3.63, 3.8) is 0 Å². The summed E-state index contributed by atoms with van der Waals surface area (Å²) in [6, 6.07) is 8.12. The molecule has 1 unspecified atom stereocenters. The molecule has 6 nitrogen and oxygen atoms in total. The molecule has 1 atom stereocenters. The Bertz CT molecular complexity index is 1050. The van der Waals surface area contributed by atoms with Crippen LogP contribution in [0.2, 0.25) is 0 Å². The van der Waals surface area contributed by atoms with Crippen LogP contribution in [0.1, 0.15) is 12.5 Å². The summed E-state index contributed by atoms with van der Waals surface area (Å²) in [5, 5.41) is 4.36. The van der Waals surface area contributed by atoms with Crippen LogP contribution in [0, 0.1) is 0 Å². The average molecular weight is 317 g/mol. The molecule has 24 heavy (non-hydrogen) atoms. The van der Waals surface area contributed by atoms with E-state index in [2.05, 4.69) is 38.7 Å². The van der Waals surface area contributed by atoms with Gasteiger partial charge >= 0.3 is 0 Å². The number of fused-ring (bicyclic) bond motifs is 2. The molecule has 1 aliphatic rings. The molecule has 0 N–H and O–H groups in total. The second kappa shape index (κ2) is 4.92. The summed E-state index contributed by atoms with van der Waals surface area (Å²) in [5.74, 6) is 1.81. The van der Waals surface area contributed by atoms with Gasteiger partial charge in [-0.25, -0.2) is 14.5 Å². The van der Waals surface area contributed by atoms with Crippen molar-refractivity contribution in [3.8, 4) is 22.8 Å². The fraction of sp³-hybridized carbons (Fsp3) is 0.167. The lowest BCUT2D eigenvalue weighted by atomic mass is 10.1. The van der Waals surface area contributed by atoms with Crippen LogP contribution in [-0.4, -0.2) is 30.3 Å². The minimum atomic E-state index is 0.237. The third-order valence-corrected chi connectivity index (χ3v) is 4.32. The van der Waals surface area contributed by atoms with Gasteiger partial charge in [0.2, 0.25) is 0 Å². The van der Waals surface area contributed by atoms with E-state index in [4.69, 9.17) is 4.74 Å². The van der Waals surface area contributed by atoms with E-state index in [9.17, 15) is 0 Å². The molecule has 0 amide bonds. The minimum Gasteiger partial charge on any atom is -0.490 e. The van der Waals surface area contributed by atoms with Crippen molar-refractivity contribution in [1.82, 2.24) is 24.1 Å². The van der Waals surface area contributed by atoms with E-state index in [1.807, 2.05) is 24.5 Å². The van der Waals surface area contributed by atoms with Gasteiger partial charge in [-0.05, 0) is 36.8 Å². The lowest BCUT2D eigenvalue weighted by molar-refractivity contribution is 0.254. The third kappa shape index (κ3) is 1.93. The normalized spacial score (nSPS) is 16.3. The molecule has 0 aliphatic carbocycles. The maximum Gasteiger partial charge on any atom is 0.165 e. The maximum absolute atomic E-state index is 5.79. The van der Waals surface area contributed by atoms with Crippen molar-refractivity contribution < 1.29 is 4.74 Å². The molecule has 0 fully saturated rings. The highest BCUT2D eigenvalue weighted by molar-refractivity contribution is 5.73. The number of ether oxygens (including phenoxy) is 1. The fourth-order valence-electron chi connectivity index (χ4n) is 3.25. The highest BCUT2D eigenvalue weighted by atomic mass is 16.5. The molecule has 1 aliphatic heterocycles. The van der Waals surface area contributed by atoms with E-state index >= 15 is 0 Å². The zero-order valence-electron chi connectivity index (χ0n) is 13.1. The molecule has 0 radical (unpaired) electrons. The molecule has 4 heterocycles. The Kier molecular flexibility index (Phi) is 2.73. The van der Waals surface area contributed by atoms with Crippen LogP contribution in [0.3, 0.4) is 0 Å². The number of rotatable bonds is 2. The first-order valence-corrected chi connectivity index (χ1v) is 7.91. The first-order chi connectivity index (χ1) is 11.8. The van der Waals surface area contributed by atoms with Gasteiger partial charge in [0, 0.05) is 36.9 Å². The average Bonchev–Trinajstić information content (AvgIpc) is 3.30. The van der Waals surface area contributed by atoms with Gasteiger partial charge in [-0.1, -0.05) is 0 Å². The van der Waals surface area contributed by atoms with E-state index < -0.39 is 0 Å². The van der Waals surface area contributed by atoms with Crippen LogP contribution in [-0.2, 0) is 6.42 Å². The van der Waals surface area contributed by atoms with Crippen LogP contribution in [0.4, 0.5) is 0 Å². The molecule has 118 valence electrons. The Morgan fingerprint density at radius 2 is 2.12 bits per heavy atom. The molecule has 0 bridgehead atoms. The Morgan fingerprint density at radius 3 is 3.08 bits per heavy atom. The number of hydrogen-bond donors (Lipinski definition) is 0. The number of benzene rings is 1. The number of hydrogen-bond acceptors (Lipinski definition) is 4. The van der Waals surface area contributed by atoms with Crippen molar-refractivity contribution in [2.24, 2.45) is 0 Å². The Hall–Kier alpha value is -3.15. The Morgan fingerprint density at radius 1 is 1.17 bits per heavy atom. The van der Waals surface area contributed by atoms with Crippen LogP contribution in [0.5, 0.6) is 5.75 Å². The topological polar surface area (TPSA) is 57.2 Å². The lowest BCUT2D eigenvalue weighted by Gasteiger charge is -2.08. The summed E-state index contributed by atoms with van der Waals surface area (Å²) in [6.07, 6.45) is 10.4. The standard InChI is InChI=1S/C18H15N5O/c1-12-9-13-10-14(3-4-16(13)24-12)22-8-6-20-17(22)15-11-21-23-7-2-5-19-18(15)23/h2-8,10-12H,9H2,1H3. The molecular formula is C18H15N5O. The van der Waals surface area contributed by atoms with E-state index in [-0.39, 0.29) is 6.10 Å². The quantitative estimate of drug-likeness (QED) is 0.570. The fourth-order valence-corrected chi connectivity index (χ4v) is 3.25. The van der Waals surface area contributed by atoms with Gasteiger partial charge in [0.05, 0.1) is 11.8 Å². The van der Waals surface area contributed by atoms with Gasteiger partial charge in [-0.2, -0.15) is 5.10 Å². The Labute approximate surface area is 138 Å². The van der Waals surface area contributed by atoms with Crippen molar-refractivity contribution >= 4 is 5.65 Å². The molecule has 3 aromatic heterocycles. The molecule has 6 heteroatoms. The maximum atomic E-state index is 5.79. The minimum absolute atomic E-state index is 0.237. The van der Waals surface area contributed by atoms with Crippen molar-refractivity contribution in [1.29, 1.82) is 0 Å². The van der Waals surface area contributed by atoms with E-state index in [1.54, 1.807) is 23.1 Å². The summed E-state index contributed by atoms with van der Waals surface area (Å²) in [4.78, 5) is 8.96. The molecule has 0 saturated heterocycles. The van der Waals surface area contributed by atoms with Crippen LogP contribution < -0.4 is 4.74 Å². The van der Waals surface area contributed by atoms with Gasteiger partial charge in [0.1, 0.15) is 17.7 Å². The highest BCUT2D eigenvalue weighted by Crippen LogP contribution is 2.32. The first kappa shape index (κ1) is 13.3. The predicted molar refractivity (Wildman–Crippen MR) is 89.3 cm³/mol. The summed E-state index contributed by atoms with van der Waals surface area (Å²) in [5.41, 5.74) is 4.00. The van der Waals surface area contributed by atoms with Crippen molar-refractivity contribution in [2.45, 2.75) is 19.4 Å². The zero-order valence-corrected chi connectivity index (χ0v) is 13.1. The monoisotopic (exact) mass is 317 g/mol. The largest absolute Gasteiger partial charge is 0.490 e. The number of imidazole rings is 1. The molecule has 1 aromatic carbocycles. The van der Waals surface area contributed by atoms with Crippen LogP contribution in [0.25, 0.3) is 22.7 Å². The van der Waals surface area contributed by atoms with Gasteiger partial charge in [0.25, 0.3) is 0 Å². The Balaban J connectivity index is 1.65. The third-order valence-electron chi connectivity index (χ3n) is 4.32. The second-order valence-corrected chi connectivity index (χ2v) is 5.99. The molecule has 5 rings (SSSR count). The summed E-state index contributed by atoms with van der Waals surface area (Å²) in [6.45, 7) is 2.09. The second-order valence-electron chi connectivity index (χ2n) is 5.99. The summed E-state index contributed by atoms with van der Waals surface area (Å²) >= 11 is 0. The van der Waals surface area contributed by atoms with Crippen LogP contribution in [0.15, 0.2) is 55.2 Å². The molecule has 0 spiro atoms. The van der Waals surface area contributed by atoms with Crippen molar-refractivity contribution in [2.75, 3.05) is 0 Å². The van der Waals surface area contributed by atoms with Gasteiger partial charge in [0.15, 0.2) is 5.65 Å². The molecule has 0 saturated carbocycles. The van der Waals surface area contributed by atoms with Crippen LogP contribution >= 0.6 is 0 Å². The molecule has 4 aromatic rings. The van der Waals surface area contributed by atoms with E-state index in [0.29, 0.717) is 0 Å². The SMILES string of the molecule is CC1Cc2cc(-n3ccnc3-c3cnn4cccnc34)ccc2O1. The first-order valence-electron chi connectivity index (χ1n) is 7.91. The number of aromatic nitrogens is 5. The van der Waals surface area contributed by atoms with E-state index in [1.165, 1.54) is 5.56 Å². The highest BCUT2D eigenvalue weighted by Gasteiger charge is 2.20. The predicted octanol–water partition coefficient (Wildman–Crippen LogP) is 2.91. The van der Waals surface area contributed by atoms with Crippen molar-refractivity contribution in [3.05, 3.63) is 60.8 Å². The summed E-state index contributed by atoms with van der Waals surface area (Å²) < 4.78 is 9.61. The lowest BCUT2D eigenvalue weighted by Crippen LogP contribution is -2.05. The van der Waals surface area contributed by atoms with Gasteiger partial charge < -0.3 is 4.74 Å². The van der Waals surface area contributed by atoms with Gasteiger partial charge in [-0.3, -0.25) is 4.57 Å². The summed E-state index contributed by atoms with van der Waals surface area (Å²) in [7, 11) is 0. The number of nitrogens with zero attached hydrogens (tertiary/aromatic N) is 5. The zero-order chi connectivity index (χ0) is 16.1. The molecular weight excluding hydrogens is 302 g/mol.